The Balaban J connectivity index is 1.93. The van der Waals surface area contributed by atoms with Crippen LogP contribution in [0.15, 0.2) is 41.2 Å². The van der Waals surface area contributed by atoms with E-state index in [-0.39, 0.29) is 18.7 Å². The van der Waals surface area contributed by atoms with Gasteiger partial charge in [-0.25, -0.2) is 14.7 Å². The van der Waals surface area contributed by atoms with Crippen molar-refractivity contribution in [2.75, 3.05) is 0 Å². The maximum atomic E-state index is 12.6. The zero-order valence-electron chi connectivity index (χ0n) is 17.8. The van der Waals surface area contributed by atoms with Gasteiger partial charge < -0.3 is 15.2 Å². The molecule has 1 aromatic heterocycles. The van der Waals surface area contributed by atoms with Crippen molar-refractivity contribution in [3.05, 3.63) is 68.9 Å². The molecule has 0 aliphatic heterocycles. The van der Waals surface area contributed by atoms with Crippen LogP contribution in [0.5, 0.6) is 5.75 Å². The lowest BCUT2D eigenvalue weighted by Gasteiger charge is -2.15. The number of nitrogens with one attached hydrogen (secondary N) is 2. The van der Waals surface area contributed by atoms with E-state index in [0.29, 0.717) is 33.3 Å². The molecule has 3 N–H and O–H groups in total. The van der Waals surface area contributed by atoms with Crippen molar-refractivity contribution in [2.45, 2.75) is 32.9 Å². The SMILES string of the molecule is CCC(NC(=O)c1cccc(-c2cc(Cl)c(C)cc2OCc2n[nH]c(=O)n2C)c1)C(=O)O. The molecule has 10 heteroatoms. The molecule has 1 atom stereocenters. The fourth-order valence-corrected chi connectivity index (χ4v) is 3.22. The zero-order valence-corrected chi connectivity index (χ0v) is 18.6. The number of ether oxygens (including phenoxy) is 1. The Kier molecular flexibility index (Phi) is 6.99. The Morgan fingerprint density at radius 1 is 1.31 bits per heavy atom. The third kappa shape index (κ3) is 5.00. The highest BCUT2D eigenvalue weighted by molar-refractivity contribution is 6.31. The molecule has 1 unspecified atom stereocenters. The molecule has 0 fully saturated rings. The van der Waals surface area contributed by atoms with Crippen LogP contribution < -0.4 is 15.7 Å². The summed E-state index contributed by atoms with van der Waals surface area (Å²) in [6, 6.07) is 9.26. The van der Waals surface area contributed by atoms with Gasteiger partial charge in [-0.15, -0.1) is 0 Å². The highest BCUT2D eigenvalue weighted by Gasteiger charge is 2.19. The van der Waals surface area contributed by atoms with Crippen LogP contribution >= 0.6 is 11.6 Å². The van der Waals surface area contributed by atoms with E-state index in [2.05, 4.69) is 15.5 Å². The molecule has 0 saturated heterocycles. The van der Waals surface area contributed by atoms with Gasteiger partial charge in [0.05, 0.1) is 0 Å². The predicted molar refractivity (Wildman–Crippen MR) is 119 cm³/mol. The quantitative estimate of drug-likeness (QED) is 0.476. The van der Waals surface area contributed by atoms with Crippen LogP contribution in [0.2, 0.25) is 5.02 Å². The second-order valence-corrected chi connectivity index (χ2v) is 7.65. The lowest BCUT2D eigenvalue weighted by atomic mass is 10.00. The number of carboxylic acids is 1. The molecule has 1 amide bonds. The highest BCUT2D eigenvalue weighted by Crippen LogP contribution is 2.35. The van der Waals surface area contributed by atoms with Crippen molar-refractivity contribution in [3.63, 3.8) is 0 Å². The first kappa shape index (κ1) is 23.1. The largest absolute Gasteiger partial charge is 0.485 e. The van der Waals surface area contributed by atoms with E-state index in [1.165, 1.54) is 4.57 Å². The van der Waals surface area contributed by atoms with Gasteiger partial charge in [-0.05, 0) is 48.7 Å². The summed E-state index contributed by atoms with van der Waals surface area (Å²) >= 11 is 6.34. The number of hydrogen-bond acceptors (Lipinski definition) is 5. The Labute approximate surface area is 189 Å². The number of hydrogen-bond donors (Lipinski definition) is 3. The predicted octanol–water partition coefficient (Wildman–Crippen LogP) is 2.91. The van der Waals surface area contributed by atoms with Crippen LogP contribution in [0, 0.1) is 6.92 Å². The fraction of sp³-hybridized carbons (Fsp3) is 0.273. The van der Waals surface area contributed by atoms with E-state index >= 15 is 0 Å². The van der Waals surface area contributed by atoms with Crippen LogP contribution in [-0.2, 0) is 18.4 Å². The topological polar surface area (TPSA) is 126 Å². The van der Waals surface area contributed by atoms with Crippen LogP contribution in [0.4, 0.5) is 0 Å². The lowest BCUT2D eigenvalue weighted by Crippen LogP contribution is -2.40. The molecule has 32 heavy (non-hydrogen) atoms. The van der Waals surface area contributed by atoms with Crippen molar-refractivity contribution >= 4 is 23.5 Å². The minimum absolute atomic E-state index is 0.0419. The normalized spacial score (nSPS) is 11.8. The van der Waals surface area contributed by atoms with Gasteiger partial charge in [-0.2, -0.15) is 5.10 Å². The van der Waals surface area contributed by atoms with E-state index in [9.17, 15) is 19.5 Å². The van der Waals surface area contributed by atoms with E-state index in [4.69, 9.17) is 16.3 Å². The standard InChI is InChI=1S/C22H23ClN4O5/c1-4-17(21(29)30)24-20(28)14-7-5-6-13(9-14)15-10-16(23)12(2)8-18(15)32-11-19-25-26-22(31)27(19)3/h5-10,17H,4,11H2,1-3H3,(H,24,28)(H,26,31)(H,29,30). The van der Waals surface area contributed by atoms with E-state index in [1.807, 2.05) is 6.92 Å². The highest BCUT2D eigenvalue weighted by atomic mass is 35.5. The smallest absolute Gasteiger partial charge is 0.343 e. The van der Waals surface area contributed by atoms with Gasteiger partial charge >= 0.3 is 11.7 Å². The van der Waals surface area contributed by atoms with E-state index < -0.39 is 17.9 Å². The number of amides is 1. The number of halogens is 1. The summed E-state index contributed by atoms with van der Waals surface area (Å²) in [6.45, 7) is 3.56. The molecular weight excluding hydrogens is 436 g/mol. The Bertz CT molecular complexity index is 1220. The summed E-state index contributed by atoms with van der Waals surface area (Å²) in [5.41, 5.74) is 2.05. The van der Waals surface area contributed by atoms with Gasteiger partial charge in [0.25, 0.3) is 5.91 Å². The Morgan fingerprint density at radius 2 is 2.06 bits per heavy atom. The summed E-state index contributed by atoms with van der Waals surface area (Å²) in [4.78, 5) is 35.4. The molecule has 3 aromatic rings. The van der Waals surface area contributed by atoms with Gasteiger partial charge in [0.1, 0.15) is 18.4 Å². The molecule has 1 heterocycles. The molecule has 0 bridgehead atoms. The maximum Gasteiger partial charge on any atom is 0.343 e. The maximum absolute atomic E-state index is 12.6. The van der Waals surface area contributed by atoms with Crippen molar-refractivity contribution in [2.24, 2.45) is 7.05 Å². The van der Waals surface area contributed by atoms with E-state index in [1.54, 1.807) is 50.4 Å². The number of carbonyl (C=O) groups excluding carboxylic acids is 1. The van der Waals surface area contributed by atoms with E-state index in [0.717, 1.165) is 5.56 Å². The first-order valence-corrected chi connectivity index (χ1v) is 10.3. The summed E-state index contributed by atoms with van der Waals surface area (Å²) in [5, 5.41) is 18.5. The lowest BCUT2D eigenvalue weighted by molar-refractivity contribution is -0.139. The second-order valence-electron chi connectivity index (χ2n) is 7.24. The Hall–Kier alpha value is -3.59. The number of carbonyl (C=O) groups is 2. The van der Waals surface area contributed by atoms with Crippen LogP contribution in [0.25, 0.3) is 11.1 Å². The number of benzene rings is 2. The van der Waals surface area contributed by atoms with Crippen LogP contribution in [-0.4, -0.2) is 37.8 Å². The number of rotatable bonds is 8. The minimum Gasteiger partial charge on any atom is -0.485 e. The minimum atomic E-state index is -1.09. The van der Waals surface area contributed by atoms with Crippen molar-refractivity contribution in [1.29, 1.82) is 0 Å². The number of nitrogens with zero attached hydrogens (tertiary/aromatic N) is 2. The molecule has 0 aliphatic carbocycles. The van der Waals surface area contributed by atoms with Crippen molar-refractivity contribution < 1.29 is 19.4 Å². The van der Waals surface area contributed by atoms with Crippen LogP contribution in [0.3, 0.4) is 0 Å². The summed E-state index contributed by atoms with van der Waals surface area (Å²) < 4.78 is 7.29. The molecule has 0 saturated carbocycles. The molecule has 0 radical (unpaired) electrons. The fourth-order valence-electron chi connectivity index (χ4n) is 3.06. The number of carboxylic acid groups (broad SMARTS) is 1. The summed E-state index contributed by atoms with van der Waals surface area (Å²) in [7, 11) is 1.58. The molecule has 3 rings (SSSR count). The van der Waals surface area contributed by atoms with Gasteiger partial charge in [0.2, 0.25) is 0 Å². The van der Waals surface area contributed by atoms with Crippen LogP contribution in [0.1, 0.15) is 35.1 Å². The molecule has 9 nitrogen and oxygen atoms in total. The number of aliphatic carboxylic acids is 1. The van der Waals surface area contributed by atoms with Gasteiger partial charge in [-0.1, -0.05) is 30.7 Å². The molecule has 2 aromatic carbocycles. The third-order valence-electron chi connectivity index (χ3n) is 5.04. The second kappa shape index (κ2) is 9.69. The zero-order chi connectivity index (χ0) is 23.4. The summed E-state index contributed by atoms with van der Waals surface area (Å²) in [6.07, 6.45) is 0.266. The van der Waals surface area contributed by atoms with Crippen molar-refractivity contribution in [3.8, 4) is 16.9 Å². The number of aromatic amines is 1. The third-order valence-corrected chi connectivity index (χ3v) is 5.44. The van der Waals surface area contributed by atoms with Gasteiger partial charge in [0.15, 0.2) is 5.82 Å². The Morgan fingerprint density at radius 3 is 2.69 bits per heavy atom. The summed E-state index contributed by atoms with van der Waals surface area (Å²) in [5.74, 6) is -0.670. The average Bonchev–Trinajstić information content (AvgIpc) is 3.09. The van der Waals surface area contributed by atoms with Gasteiger partial charge in [-0.3, -0.25) is 9.36 Å². The molecule has 0 spiro atoms. The molecule has 168 valence electrons. The monoisotopic (exact) mass is 458 g/mol. The first-order valence-electron chi connectivity index (χ1n) is 9.88. The number of H-pyrrole nitrogens is 1. The average molecular weight is 459 g/mol. The number of aryl methyl sites for hydroxylation is 1. The first-order chi connectivity index (χ1) is 15.2. The number of aromatic nitrogens is 3. The molecular formula is C22H23ClN4O5. The van der Waals surface area contributed by atoms with Gasteiger partial charge in [0, 0.05) is 23.2 Å². The van der Waals surface area contributed by atoms with Crippen molar-refractivity contribution in [1.82, 2.24) is 20.1 Å². The molecule has 0 aliphatic rings.